The Hall–Kier alpha value is -0.0700. The van der Waals surface area contributed by atoms with Gasteiger partial charge < -0.3 is 5.73 Å². The molecule has 0 aliphatic heterocycles. The van der Waals surface area contributed by atoms with Gasteiger partial charge in [-0.05, 0) is 39.8 Å². The largest absolute Gasteiger partial charge is 0.446 e. The molecule has 1 nitrogen and oxygen atoms in total. The summed E-state index contributed by atoms with van der Waals surface area (Å²) in [4.78, 5) is -0.0692. The predicted molar refractivity (Wildman–Crippen MR) is 55.5 cm³/mol. The van der Waals surface area contributed by atoms with E-state index < -0.39 is 5.51 Å². The topological polar surface area (TPSA) is 26.0 Å². The molecule has 0 aromatic heterocycles. The van der Waals surface area contributed by atoms with Crippen LogP contribution in [-0.4, -0.2) is 5.51 Å². The molecule has 0 fully saturated rings. The Morgan fingerprint density at radius 2 is 1.93 bits per heavy atom. The summed E-state index contributed by atoms with van der Waals surface area (Å²) in [5.41, 5.74) is 1.39. The SMILES string of the molecule is Nc1ccc(SC(F)(F)F)c(Cl)c1Br. The van der Waals surface area contributed by atoms with Crippen LogP contribution in [0.15, 0.2) is 21.5 Å². The second-order valence-corrected chi connectivity index (χ2v) is 4.61. The van der Waals surface area contributed by atoms with Crippen molar-refractivity contribution in [3.63, 3.8) is 0 Å². The normalized spacial score (nSPS) is 11.8. The Morgan fingerprint density at radius 1 is 1.36 bits per heavy atom. The van der Waals surface area contributed by atoms with Crippen LogP contribution in [0.3, 0.4) is 0 Å². The monoisotopic (exact) mass is 305 g/mol. The van der Waals surface area contributed by atoms with Gasteiger partial charge in [-0.3, -0.25) is 0 Å². The highest BCUT2D eigenvalue weighted by molar-refractivity contribution is 9.10. The Kier molecular flexibility index (Phi) is 3.60. The van der Waals surface area contributed by atoms with Gasteiger partial charge in [-0.1, -0.05) is 11.6 Å². The van der Waals surface area contributed by atoms with Crippen molar-refractivity contribution in [1.29, 1.82) is 0 Å². The summed E-state index contributed by atoms with van der Waals surface area (Å²) in [6.07, 6.45) is 0. The quantitative estimate of drug-likeness (QED) is 0.618. The minimum Gasteiger partial charge on any atom is -0.398 e. The first kappa shape index (κ1) is 12.0. The van der Waals surface area contributed by atoms with E-state index in [9.17, 15) is 13.2 Å². The minimum absolute atomic E-state index is 0.0210. The summed E-state index contributed by atoms with van der Waals surface area (Å²) >= 11 is 8.39. The van der Waals surface area contributed by atoms with Gasteiger partial charge in [-0.15, -0.1) is 0 Å². The molecule has 78 valence electrons. The van der Waals surface area contributed by atoms with Crippen molar-refractivity contribution in [3.05, 3.63) is 21.6 Å². The first-order valence-electron chi connectivity index (χ1n) is 3.30. The number of alkyl halides is 3. The molecule has 1 rings (SSSR count). The van der Waals surface area contributed by atoms with Crippen LogP contribution < -0.4 is 5.73 Å². The van der Waals surface area contributed by atoms with E-state index >= 15 is 0 Å². The fourth-order valence-electron chi connectivity index (χ4n) is 0.750. The van der Waals surface area contributed by atoms with Gasteiger partial charge in [0.05, 0.1) is 9.50 Å². The number of anilines is 1. The number of benzene rings is 1. The fraction of sp³-hybridized carbons (Fsp3) is 0.143. The molecule has 0 heterocycles. The van der Waals surface area contributed by atoms with E-state index in [0.29, 0.717) is 5.69 Å². The molecule has 0 atom stereocenters. The average Bonchev–Trinajstić information content (AvgIpc) is 2.04. The van der Waals surface area contributed by atoms with Gasteiger partial charge in [0.2, 0.25) is 0 Å². The molecule has 0 aliphatic rings. The first-order valence-corrected chi connectivity index (χ1v) is 5.29. The summed E-state index contributed by atoms with van der Waals surface area (Å²) in [6, 6.07) is 2.60. The molecule has 0 saturated carbocycles. The lowest BCUT2D eigenvalue weighted by molar-refractivity contribution is -0.0328. The van der Waals surface area contributed by atoms with Gasteiger partial charge in [0.25, 0.3) is 0 Å². The predicted octanol–water partition coefficient (Wildman–Crippen LogP) is 4.30. The second-order valence-electron chi connectivity index (χ2n) is 2.33. The molecule has 0 bridgehead atoms. The number of hydrogen-bond donors (Lipinski definition) is 1. The maximum Gasteiger partial charge on any atom is 0.446 e. The van der Waals surface area contributed by atoms with E-state index in [0.717, 1.165) is 0 Å². The smallest absolute Gasteiger partial charge is 0.398 e. The van der Waals surface area contributed by atoms with Crippen molar-refractivity contribution in [2.75, 3.05) is 5.73 Å². The van der Waals surface area contributed by atoms with E-state index in [1.165, 1.54) is 12.1 Å². The highest BCUT2D eigenvalue weighted by Crippen LogP contribution is 2.43. The molecule has 0 spiro atoms. The summed E-state index contributed by atoms with van der Waals surface area (Å²) in [7, 11) is 0. The highest BCUT2D eigenvalue weighted by Gasteiger charge is 2.30. The van der Waals surface area contributed by atoms with Crippen molar-refractivity contribution in [2.45, 2.75) is 10.4 Å². The summed E-state index contributed by atoms with van der Waals surface area (Å²) in [5, 5.41) is -0.0210. The second kappa shape index (κ2) is 4.20. The summed E-state index contributed by atoms with van der Waals surface area (Å²) in [6.45, 7) is 0. The van der Waals surface area contributed by atoms with E-state index in [2.05, 4.69) is 15.9 Å². The molecule has 0 aliphatic carbocycles. The van der Waals surface area contributed by atoms with Crippen LogP contribution in [0.2, 0.25) is 5.02 Å². The number of thioether (sulfide) groups is 1. The van der Waals surface area contributed by atoms with Crippen molar-refractivity contribution in [3.8, 4) is 0 Å². The lowest BCUT2D eigenvalue weighted by Crippen LogP contribution is -2.00. The van der Waals surface area contributed by atoms with Gasteiger partial charge in [0.15, 0.2) is 0 Å². The van der Waals surface area contributed by atoms with Crippen LogP contribution >= 0.6 is 39.3 Å². The van der Waals surface area contributed by atoms with Crippen LogP contribution in [0.25, 0.3) is 0 Å². The molecule has 1 aromatic rings. The van der Waals surface area contributed by atoms with Crippen molar-refractivity contribution >= 4 is 45.0 Å². The Balaban J connectivity index is 3.06. The molecule has 0 amide bonds. The van der Waals surface area contributed by atoms with Crippen LogP contribution in [-0.2, 0) is 0 Å². The molecule has 0 radical (unpaired) electrons. The van der Waals surface area contributed by atoms with E-state index in [-0.39, 0.29) is 26.2 Å². The average molecular weight is 307 g/mol. The van der Waals surface area contributed by atoms with E-state index in [1.54, 1.807) is 0 Å². The third kappa shape index (κ3) is 2.96. The fourth-order valence-corrected chi connectivity index (χ4v) is 2.09. The van der Waals surface area contributed by atoms with Gasteiger partial charge in [-0.2, -0.15) is 13.2 Å². The Bertz CT molecular complexity index is 356. The van der Waals surface area contributed by atoms with Gasteiger partial charge in [-0.25, -0.2) is 0 Å². The molecule has 2 N–H and O–H groups in total. The van der Waals surface area contributed by atoms with Crippen molar-refractivity contribution < 1.29 is 13.2 Å². The molecular weight excluding hydrogens is 303 g/mol. The molecule has 0 unspecified atom stereocenters. The number of halogens is 5. The zero-order valence-electron chi connectivity index (χ0n) is 6.53. The lowest BCUT2D eigenvalue weighted by Gasteiger charge is -2.09. The van der Waals surface area contributed by atoms with Gasteiger partial charge >= 0.3 is 5.51 Å². The molecular formula is C7H4BrClF3NS. The van der Waals surface area contributed by atoms with Crippen LogP contribution in [0, 0.1) is 0 Å². The number of nitrogens with two attached hydrogens (primary N) is 1. The first-order chi connectivity index (χ1) is 6.31. The number of rotatable bonds is 1. The summed E-state index contributed by atoms with van der Waals surface area (Å²) < 4.78 is 36.3. The summed E-state index contributed by atoms with van der Waals surface area (Å²) in [5.74, 6) is 0. The number of nitrogen functional groups attached to an aromatic ring is 1. The van der Waals surface area contributed by atoms with Crippen molar-refractivity contribution in [2.24, 2.45) is 0 Å². The third-order valence-electron chi connectivity index (χ3n) is 1.30. The van der Waals surface area contributed by atoms with Gasteiger partial charge in [0.1, 0.15) is 0 Å². The van der Waals surface area contributed by atoms with Gasteiger partial charge in [0, 0.05) is 10.6 Å². The third-order valence-corrected chi connectivity index (χ3v) is 3.68. The van der Waals surface area contributed by atoms with E-state index in [4.69, 9.17) is 17.3 Å². The standard InChI is InChI=1S/C7H4BrClF3NS/c8-5-3(13)1-2-4(6(5)9)14-7(10,11)12/h1-2H,13H2. The van der Waals surface area contributed by atoms with Crippen LogP contribution in [0.5, 0.6) is 0 Å². The molecule has 1 aromatic carbocycles. The highest BCUT2D eigenvalue weighted by atomic mass is 79.9. The minimum atomic E-state index is -4.35. The maximum absolute atomic E-state index is 12.0. The Morgan fingerprint density at radius 3 is 2.43 bits per heavy atom. The molecule has 0 saturated heterocycles. The van der Waals surface area contributed by atoms with E-state index in [1.807, 2.05) is 0 Å². The number of hydrogen-bond acceptors (Lipinski definition) is 2. The van der Waals surface area contributed by atoms with Crippen molar-refractivity contribution in [1.82, 2.24) is 0 Å². The van der Waals surface area contributed by atoms with Crippen LogP contribution in [0.1, 0.15) is 0 Å². The van der Waals surface area contributed by atoms with Crippen LogP contribution in [0.4, 0.5) is 18.9 Å². The maximum atomic E-state index is 12.0. The zero-order chi connectivity index (χ0) is 10.9. The lowest BCUT2D eigenvalue weighted by atomic mass is 10.3. The molecule has 7 heteroatoms. The zero-order valence-corrected chi connectivity index (χ0v) is 9.69. The molecule has 14 heavy (non-hydrogen) atoms. The Labute approximate surface area is 95.9 Å².